The van der Waals surface area contributed by atoms with Crippen LogP contribution in [-0.4, -0.2) is 50.7 Å². The molecule has 21 heavy (non-hydrogen) atoms. The van der Waals surface area contributed by atoms with E-state index in [0.29, 0.717) is 12.0 Å². The molecule has 3 aliphatic rings. The third-order valence-electron chi connectivity index (χ3n) is 5.43. The predicted molar refractivity (Wildman–Crippen MR) is 82.5 cm³/mol. The van der Waals surface area contributed by atoms with Crippen LogP contribution in [0.3, 0.4) is 0 Å². The summed E-state index contributed by atoms with van der Waals surface area (Å²) in [4.78, 5) is 0. The minimum atomic E-state index is 0.185. The normalized spacial score (nSPS) is 34.1. The van der Waals surface area contributed by atoms with Crippen molar-refractivity contribution in [2.45, 2.75) is 69.6 Å². The first-order valence-corrected chi connectivity index (χ1v) is 8.90. The molecule has 0 aromatic rings. The molecule has 3 unspecified atom stereocenters. The van der Waals surface area contributed by atoms with Gasteiger partial charge >= 0.3 is 0 Å². The molecule has 1 saturated carbocycles. The van der Waals surface area contributed by atoms with Gasteiger partial charge in [-0.15, -0.1) is 0 Å². The number of nitrogens with one attached hydrogen (secondary N) is 1. The highest BCUT2D eigenvalue weighted by Gasteiger charge is 2.43. The van der Waals surface area contributed by atoms with Crippen molar-refractivity contribution in [2.75, 3.05) is 33.0 Å². The fourth-order valence-electron chi connectivity index (χ4n) is 4.37. The van der Waals surface area contributed by atoms with E-state index in [4.69, 9.17) is 14.2 Å². The summed E-state index contributed by atoms with van der Waals surface area (Å²) in [5, 5.41) is 3.75. The van der Waals surface area contributed by atoms with Gasteiger partial charge in [-0.2, -0.15) is 0 Å². The quantitative estimate of drug-likeness (QED) is 0.846. The Morgan fingerprint density at radius 3 is 2.76 bits per heavy atom. The predicted octanol–water partition coefficient (Wildman–Crippen LogP) is 2.51. The summed E-state index contributed by atoms with van der Waals surface area (Å²) in [7, 11) is 0. The molecule has 2 saturated heterocycles. The second-order valence-corrected chi connectivity index (χ2v) is 6.96. The molecule has 0 aromatic heterocycles. The fourth-order valence-corrected chi connectivity index (χ4v) is 4.37. The Hall–Kier alpha value is -0.160. The molecule has 1 aliphatic carbocycles. The second-order valence-electron chi connectivity index (χ2n) is 6.96. The van der Waals surface area contributed by atoms with Crippen LogP contribution in [0.2, 0.25) is 0 Å². The lowest BCUT2D eigenvalue weighted by atomic mass is 9.79. The lowest BCUT2D eigenvalue weighted by Crippen LogP contribution is -2.54. The smallest absolute Gasteiger partial charge is 0.0964 e. The monoisotopic (exact) mass is 297 g/mol. The van der Waals surface area contributed by atoms with Gasteiger partial charge in [0.05, 0.1) is 31.5 Å². The van der Waals surface area contributed by atoms with E-state index in [1.54, 1.807) is 0 Å². The first kappa shape index (κ1) is 15.7. The van der Waals surface area contributed by atoms with Crippen molar-refractivity contribution in [2.24, 2.45) is 5.92 Å². The van der Waals surface area contributed by atoms with Crippen molar-refractivity contribution in [3.8, 4) is 0 Å². The lowest BCUT2D eigenvalue weighted by molar-refractivity contribution is -0.136. The maximum absolute atomic E-state index is 6.20. The molecule has 3 fully saturated rings. The molecule has 3 atom stereocenters. The van der Waals surface area contributed by atoms with Gasteiger partial charge in [0, 0.05) is 12.6 Å². The molecule has 2 aliphatic heterocycles. The highest BCUT2D eigenvalue weighted by atomic mass is 16.6. The summed E-state index contributed by atoms with van der Waals surface area (Å²) in [6, 6.07) is 0.423. The SMILES string of the molecule is CCCNC(C1CCOC2(CCCC2)C1)C1COCCO1. The van der Waals surface area contributed by atoms with Crippen LogP contribution >= 0.6 is 0 Å². The highest BCUT2D eigenvalue weighted by molar-refractivity contribution is 4.96. The average Bonchev–Trinajstić information content (AvgIpc) is 2.97. The standard InChI is InChI=1S/C17H31NO3/c1-2-8-18-16(15-13-19-10-11-20-15)14-5-9-21-17(12-14)6-3-4-7-17/h14-16,18H,2-13H2,1H3. The molecule has 4 nitrogen and oxygen atoms in total. The van der Waals surface area contributed by atoms with Crippen LogP contribution in [-0.2, 0) is 14.2 Å². The number of hydrogen-bond donors (Lipinski definition) is 1. The van der Waals surface area contributed by atoms with Gasteiger partial charge in [-0.3, -0.25) is 0 Å². The maximum atomic E-state index is 6.20. The van der Waals surface area contributed by atoms with Gasteiger partial charge in [0.1, 0.15) is 0 Å². The van der Waals surface area contributed by atoms with E-state index in [1.807, 2.05) is 0 Å². The number of ether oxygens (including phenoxy) is 3. The topological polar surface area (TPSA) is 39.7 Å². The van der Waals surface area contributed by atoms with E-state index in [9.17, 15) is 0 Å². The highest BCUT2D eigenvalue weighted by Crippen LogP contribution is 2.43. The van der Waals surface area contributed by atoms with Crippen molar-refractivity contribution < 1.29 is 14.2 Å². The zero-order valence-electron chi connectivity index (χ0n) is 13.4. The summed E-state index contributed by atoms with van der Waals surface area (Å²) in [5.74, 6) is 0.662. The molecule has 2 heterocycles. The van der Waals surface area contributed by atoms with Gasteiger partial charge in [-0.1, -0.05) is 19.8 Å². The van der Waals surface area contributed by atoms with Gasteiger partial charge in [0.15, 0.2) is 0 Å². The molecular weight excluding hydrogens is 266 g/mol. The molecular formula is C17H31NO3. The summed E-state index contributed by atoms with van der Waals surface area (Å²) < 4.78 is 17.9. The Morgan fingerprint density at radius 1 is 1.19 bits per heavy atom. The fraction of sp³-hybridized carbons (Fsp3) is 1.00. The Bertz CT molecular complexity index is 311. The zero-order valence-corrected chi connectivity index (χ0v) is 13.4. The van der Waals surface area contributed by atoms with Gasteiger partial charge < -0.3 is 19.5 Å². The molecule has 0 radical (unpaired) electrons. The average molecular weight is 297 g/mol. The summed E-state index contributed by atoms with van der Waals surface area (Å²) in [6.07, 6.45) is 8.92. The van der Waals surface area contributed by atoms with E-state index in [1.165, 1.54) is 38.5 Å². The van der Waals surface area contributed by atoms with Crippen LogP contribution in [0, 0.1) is 5.92 Å². The number of hydrogen-bond acceptors (Lipinski definition) is 4. The van der Waals surface area contributed by atoms with Gasteiger partial charge in [-0.25, -0.2) is 0 Å². The largest absolute Gasteiger partial charge is 0.376 e. The maximum Gasteiger partial charge on any atom is 0.0964 e. The third kappa shape index (κ3) is 3.79. The Morgan fingerprint density at radius 2 is 2.05 bits per heavy atom. The van der Waals surface area contributed by atoms with Crippen LogP contribution in [0.1, 0.15) is 51.9 Å². The first-order valence-electron chi connectivity index (χ1n) is 8.90. The second kappa shape index (κ2) is 7.40. The van der Waals surface area contributed by atoms with E-state index < -0.39 is 0 Å². The first-order chi connectivity index (χ1) is 10.3. The summed E-state index contributed by atoms with van der Waals surface area (Å²) >= 11 is 0. The van der Waals surface area contributed by atoms with E-state index in [-0.39, 0.29) is 11.7 Å². The lowest BCUT2D eigenvalue weighted by Gasteiger charge is -2.44. The summed E-state index contributed by atoms with van der Waals surface area (Å²) in [6.45, 7) is 6.44. The van der Waals surface area contributed by atoms with Crippen LogP contribution in [0.25, 0.3) is 0 Å². The molecule has 3 rings (SSSR count). The van der Waals surface area contributed by atoms with E-state index >= 15 is 0 Å². The Balaban J connectivity index is 1.65. The molecule has 0 aromatic carbocycles. The van der Waals surface area contributed by atoms with Gasteiger partial charge in [0.2, 0.25) is 0 Å². The molecule has 0 amide bonds. The Labute approximate surface area is 128 Å². The molecule has 0 bridgehead atoms. The van der Waals surface area contributed by atoms with E-state index in [2.05, 4.69) is 12.2 Å². The molecule has 4 heteroatoms. The summed E-state index contributed by atoms with van der Waals surface area (Å²) in [5.41, 5.74) is 0.185. The zero-order chi connectivity index (χ0) is 14.5. The van der Waals surface area contributed by atoms with Gasteiger partial charge in [0.25, 0.3) is 0 Å². The van der Waals surface area contributed by atoms with Crippen LogP contribution in [0.4, 0.5) is 0 Å². The van der Waals surface area contributed by atoms with Crippen molar-refractivity contribution in [3.63, 3.8) is 0 Å². The minimum Gasteiger partial charge on any atom is -0.376 e. The van der Waals surface area contributed by atoms with E-state index in [0.717, 1.165) is 39.4 Å². The van der Waals surface area contributed by atoms with Crippen LogP contribution in [0.5, 0.6) is 0 Å². The third-order valence-corrected chi connectivity index (χ3v) is 5.43. The van der Waals surface area contributed by atoms with Crippen LogP contribution in [0.15, 0.2) is 0 Å². The van der Waals surface area contributed by atoms with Crippen molar-refractivity contribution >= 4 is 0 Å². The van der Waals surface area contributed by atoms with Gasteiger partial charge in [-0.05, 0) is 44.6 Å². The molecule has 1 N–H and O–H groups in total. The van der Waals surface area contributed by atoms with Crippen LogP contribution < -0.4 is 5.32 Å². The number of rotatable bonds is 5. The Kier molecular flexibility index (Phi) is 5.54. The molecule has 122 valence electrons. The van der Waals surface area contributed by atoms with Crippen molar-refractivity contribution in [3.05, 3.63) is 0 Å². The van der Waals surface area contributed by atoms with Crippen molar-refractivity contribution in [1.29, 1.82) is 0 Å². The van der Waals surface area contributed by atoms with Crippen molar-refractivity contribution in [1.82, 2.24) is 5.32 Å². The minimum absolute atomic E-state index is 0.185. The molecule has 1 spiro atoms.